The number of rotatable bonds is 5. The number of hydrogen-bond acceptors (Lipinski definition) is 3. The van der Waals surface area contributed by atoms with Crippen LogP contribution in [0.3, 0.4) is 0 Å². The van der Waals surface area contributed by atoms with Gasteiger partial charge in [-0.2, -0.15) is 0 Å². The number of hydrogen-bond donors (Lipinski definition) is 2. The molecular weight excluding hydrogens is 373 g/mol. The number of nitrogens with one attached hydrogen (secondary N) is 2. The number of benzene rings is 1. The molecule has 1 spiro atoms. The van der Waals surface area contributed by atoms with Gasteiger partial charge in [0.1, 0.15) is 11.5 Å². The van der Waals surface area contributed by atoms with Gasteiger partial charge in [-0.15, -0.1) is 0 Å². The summed E-state index contributed by atoms with van der Waals surface area (Å²) in [5.74, 6) is -0.166. The lowest BCUT2D eigenvalue weighted by Gasteiger charge is -2.29. The lowest BCUT2D eigenvalue weighted by Crippen LogP contribution is -2.42. The van der Waals surface area contributed by atoms with Crippen LogP contribution in [-0.2, 0) is 16.0 Å². The number of nitrogens with zero attached hydrogens (tertiary/aromatic N) is 1. The molecule has 2 bridgehead atoms. The molecule has 3 saturated heterocycles. The van der Waals surface area contributed by atoms with Gasteiger partial charge in [0.15, 0.2) is 0 Å². The number of ether oxygens (including phenoxy) is 1. The van der Waals surface area contributed by atoms with Gasteiger partial charge in [-0.05, 0) is 36.6 Å². The molecule has 0 saturated carbocycles. The summed E-state index contributed by atoms with van der Waals surface area (Å²) in [6.45, 7) is 1.74. The minimum absolute atomic E-state index is 0.00633. The van der Waals surface area contributed by atoms with Crippen molar-refractivity contribution in [1.82, 2.24) is 15.2 Å². The molecule has 4 atom stereocenters. The van der Waals surface area contributed by atoms with E-state index in [4.69, 9.17) is 4.74 Å². The van der Waals surface area contributed by atoms with Crippen LogP contribution in [0.1, 0.15) is 28.9 Å². The molecule has 0 unspecified atom stereocenters. The van der Waals surface area contributed by atoms with E-state index in [0.29, 0.717) is 30.9 Å². The van der Waals surface area contributed by atoms with Crippen LogP contribution in [0.25, 0.3) is 0 Å². The van der Waals surface area contributed by atoms with Crippen LogP contribution in [0.15, 0.2) is 42.6 Å². The fourth-order valence-corrected chi connectivity index (χ4v) is 5.36. The number of aromatic nitrogens is 1. The first-order valence-corrected chi connectivity index (χ1v) is 10.2. The molecule has 152 valence electrons. The maximum absolute atomic E-state index is 13.8. The number of carbonyl (C=O) groups excluding carboxylic acids is 2. The van der Waals surface area contributed by atoms with E-state index < -0.39 is 0 Å². The fourth-order valence-electron chi connectivity index (χ4n) is 5.36. The van der Waals surface area contributed by atoms with Crippen LogP contribution >= 0.6 is 0 Å². The Labute approximate surface area is 168 Å². The van der Waals surface area contributed by atoms with E-state index in [1.54, 1.807) is 30.5 Å². The van der Waals surface area contributed by atoms with Crippen LogP contribution in [0.5, 0.6) is 0 Å². The van der Waals surface area contributed by atoms with Gasteiger partial charge in [0.25, 0.3) is 5.91 Å². The molecule has 2 amide bonds. The molecule has 0 radical (unpaired) electrons. The lowest BCUT2D eigenvalue weighted by molar-refractivity contribution is -0.120. The number of H-pyrrole nitrogens is 1. The zero-order valence-corrected chi connectivity index (χ0v) is 16.1. The molecule has 3 fully saturated rings. The van der Waals surface area contributed by atoms with Gasteiger partial charge in [-0.25, -0.2) is 4.39 Å². The maximum Gasteiger partial charge on any atom is 0.270 e. The van der Waals surface area contributed by atoms with E-state index in [2.05, 4.69) is 10.3 Å². The quantitative estimate of drug-likeness (QED) is 0.812. The summed E-state index contributed by atoms with van der Waals surface area (Å²) in [7, 11) is 0. The first-order valence-electron chi connectivity index (χ1n) is 10.2. The third-order valence-electron chi connectivity index (χ3n) is 6.74. The Morgan fingerprint density at radius 1 is 1.28 bits per heavy atom. The molecule has 3 aliphatic heterocycles. The molecule has 1 aromatic carbocycles. The average Bonchev–Trinajstić information content (AvgIpc) is 3.48. The number of aromatic amines is 1. The van der Waals surface area contributed by atoms with E-state index in [9.17, 15) is 14.0 Å². The Kier molecular flexibility index (Phi) is 4.42. The molecule has 0 aliphatic carbocycles. The zero-order chi connectivity index (χ0) is 20.0. The molecular formula is C22H24FN3O3. The van der Waals surface area contributed by atoms with Gasteiger partial charge in [0.2, 0.25) is 5.91 Å². The number of likely N-dealkylation sites (tertiary alicyclic amines) is 1. The van der Waals surface area contributed by atoms with E-state index in [1.807, 2.05) is 11.0 Å². The normalized spacial score (nSPS) is 29.8. The monoisotopic (exact) mass is 397 g/mol. The van der Waals surface area contributed by atoms with Crippen LogP contribution in [-0.4, -0.2) is 53.0 Å². The van der Waals surface area contributed by atoms with Crippen molar-refractivity contribution in [2.24, 2.45) is 11.8 Å². The lowest BCUT2D eigenvalue weighted by atomic mass is 9.73. The highest BCUT2D eigenvalue weighted by molar-refractivity contribution is 5.92. The predicted molar refractivity (Wildman–Crippen MR) is 104 cm³/mol. The molecule has 6 nitrogen and oxygen atoms in total. The first kappa shape index (κ1) is 18.4. The second-order valence-electron chi connectivity index (χ2n) is 8.37. The van der Waals surface area contributed by atoms with Gasteiger partial charge in [-0.3, -0.25) is 9.59 Å². The van der Waals surface area contributed by atoms with Crippen molar-refractivity contribution in [3.8, 4) is 0 Å². The van der Waals surface area contributed by atoms with Gasteiger partial charge in [0, 0.05) is 31.1 Å². The second-order valence-corrected chi connectivity index (χ2v) is 8.37. The van der Waals surface area contributed by atoms with Crippen molar-refractivity contribution >= 4 is 11.8 Å². The SMILES string of the molecule is O=C(Cc1ccccc1F)NC[C@H]1[C@H]2CN(C(=O)c3ccc[nH]3)C[C@]23CC[C@H]1O3. The third-order valence-corrected chi connectivity index (χ3v) is 6.74. The summed E-state index contributed by atoms with van der Waals surface area (Å²) in [4.78, 5) is 30.0. The molecule has 2 N–H and O–H groups in total. The smallest absolute Gasteiger partial charge is 0.270 e. The van der Waals surface area contributed by atoms with Gasteiger partial charge < -0.3 is 19.9 Å². The summed E-state index contributed by atoms with van der Waals surface area (Å²) < 4.78 is 20.1. The van der Waals surface area contributed by atoms with Gasteiger partial charge in [-0.1, -0.05) is 18.2 Å². The maximum atomic E-state index is 13.8. The molecule has 7 heteroatoms. The number of halogens is 1. The third kappa shape index (κ3) is 3.13. The van der Waals surface area contributed by atoms with E-state index >= 15 is 0 Å². The molecule has 3 aliphatic rings. The Morgan fingerprint density at radius 2 is 2.14 bits per heavy atom. The highest BCUT2D eigenvalue weighted by Gasteiger charge is 2.63. The van der Waals surface area contributed by atoms with Crippen molar-refractivity contribution in [1.29, 1.82) is 0 Å². The Balaban J connectivity index is 1.23. The van der Waals surface area contributed by atoms with Gasteiger partial charge in [0.05, 0.1) is 24.7 Å². The Hall–Kier alpha value is -2.67. The molecule has 4 heterocycles. The molecule has 5 rings (SSSR count). The van der Waals surface area contributed by atoms with E-state index in [1.165, 1.54) is 6.07 Å². The number of fused-ring (bicyclic) bond motifs is 1. The summed E-state index contributed by atoms with van der Waals surface area (Å²) in [6.07, 6.45) is 3.80. The Bertz CT molecular complexity index is 931. The van der Waals surface area contributed by atoms with Crippen molar-refractivity contribution in [3.63, 3.8) is 0 Å². The fraction of sp³-hybridized carbons (Fsp3) is 0.455. The largest absolute Gasteiger partial charge is 0.369 e. The van der Waals surface area contributed by atoms with Crippen molar-refractivity contribution in [2.75, 3.05) is 19.6 Å². The molecule has 1 aromatic heterocycles. The highest BCUT2D eigenvalue weighted by atomic mass is 19.1. The minimum atomic E-state index is -0.362. The first-order chi connectivity index (χ1) is 14.1. The van der Waals surface area contributed by atoms with Crippen LogP contribution < -0.4 is 5.32 Å². The van der Waals surface area contributed by atoms with E-state index in [0.717, 1.165) is 12.8 Å². The average molecular weight is 397 g/mol. The Morgan fingerprint density at radius 3 is 2.93 bits per heavy atom. The number of amides is 2. The van der Waals surface area contributed by atoms with Crippen LogP contribution in [0.2, 0.25) is 0 Å². The highest BCUT2D eigenvalue weighted by Crippen LogP contribution is 2.54. The molecule has 29 heavy (non-hydrogen) atoms. The predicted octanol–water partition coefficient (Wildman–Crippen LogP) is 2.13. The standard InChI is InChI=1S/C22H24FN3O3/c23-17-5-2-1-4-14(17)10-20(27)25-11-15-16-12-26(21(28)18-6-3-9-24-18)13-22(16)8-7-19(15)29-22/h1-6,9,15-16,19,24H,7-8,10-13H2,(H,25,27)/t15-,16+,19+,22+/m0/s1. The second kappa shape index (κ2) is 6.99. The van der Waals surface area contributed by atoms with Crippen molar-refractivity contribution in [3.05, 3.63) is 59.7 Å². The summed E-state index contributed by atoms with van der Waals surface area (Å²) in [5.41, 5.74) is 0.702. The van der Waals surface area contributed by atoms with Crippen LogP contribution in [0.4, 0.5) is 4.39 Å². The van der Waals surface area contributed by atoms with E-state index in [-0.39, 0.29) is 47.6 Å². The van der Waals surface area contributed by atoms with Crippen molar-refractivity contribution < 1.29 is 18.7 Å². The van der Waals surface area contributed by atoms with Gasteiger partial charge >= 0.3 is 0 Å². The minimum Gasteiger partial charge on any atom is -0.369 e. The zero-order valence-electron chi connectivity index (χ0n) is 16.1. The number of carbonyl (C=O) groups is 2. The molecule has 2 aromatic rings. The summed E-state index contributed by atoms with van der Waals surface area (Å²) >= 11 is 0. The van der Waals surface area contributed by atoms with Crippen molar-refractivity contribution in [2.45, 2.75) is 31.0 Å². The van der Waals surface area contributed by atoms with Crippen LogP contribution in [0, 0.1) is 17.7 Å². The summed E-state index contributed by atoms with van der Waals surface area (Å²) in [5, 5.41) is 2.97. The topological polar surface area (TPSA) is 74.4 Å². The summed E-state index contributed by atoms with van der Waals surface area (Å²) in [6, 6.07) is 9.94.